The van der Waals surface area contributed by atoms with Gasteiger partial charge < -0.3 is 10.1 Å². The number of amides is 1. The number of hydrogen-bond acceptors (Lipinski definition) is 2. The second-order valence-electron chi connectivity index (χ2n) is 5.64. The van der Waals surface area contributed by atoms with Gasteiger partial charge in [-0.25, -0.2) is 0 Å². The third kappa shape index (κ3) is 3.88. The second-order valence-corrected chi connectivity index (χ2v) is 5.64. The summed E-state index contributed by atoms with van der Waals surface area (Å²) in [5.74, 6) is 0.843. The molecule has 0 atom stereocenters. The van der Waals surface area contributed by atoms with Crippen LogP contribution in [0.1, 0.15) is 32.6 Å². The summed E-state index contributed by atoms with van der Waals surface area (Å²) >= 11 is 0. The minimum absolute atomic E-state index is 0.0240. The topological polar surface area (TPSA) is 38.3 Å². The highest BCUT2D eigenvalue weighted by molar-refractivity contribution is 5.95. The van der Waals surface area contributed by atoms with Gasteiger partial charge in [-0.3, -0.25) is 4.79 Å². The Hall–Kier alpha value is -2.29. The lowest BCUT2D eigenvalue weighted by atomic mass is 10.0. The van der Waals surface area contributed by atoms with Crippen LogP contribution in [-0.2, 0) is 6.42 Å². The van der Waals surface area contributed by atoms with Crippen LogP contribution in [-0.4, -0.2) is 19.6 Å². The molecule has 2 aromatic rings. The van der Waals surface area contributed by atoms with Gasteiger partial charge in [-0.2, -0.15) is 0 Å². The maximum atomic E-state index is 12.2. The summed E-state index contributed by atoms with van der Waals surface area (Å²) in [7, 11) is 1.67. The number of ether oxygens (including phenoxy) is 1. The summed E-state index contributed by atoms with van der Waals surface area (Å²) in [6, 6.07) is 12.0. The Kier molecular flexibility index (Phi) is 5.21. The van der Waals surface area contributed by atoms with Crippen LogP contribution in [0.2, 0.25) is 0 Å². The molecular formula is C19H23NO2. The van der Waals surface area contributed by atoms with Crippen LogP contribution in [0.4, 0.5) is 0 Å². The maximum Gasteiger partial charge on any atom is 0.251 e. The van der Waals surface area contributed by atoms with E-state index in [-0.39, 0.29) is 5.91 Å². The van der Waals surface area contributed by atoms with E-state index in [0.717, 1.165) is 28.9 Å². The molecule has 2 aromatic carbocycles. The fraction of sp³-hybridized carbons (Fsp3) is 0.316. The molecule has 0 unspecified atom stereocenters. The molecule has 1 N–H and O–H groups in total. The van der Waals surface area contributed by atoms with Crippen LogP contribution >= 0.6 is 0 Å². The maximum absolute atomic E-state index is 12.2. The molecule has 0 saturated heterocycles. The van der Waals surface area contributed by atoms with Gasteiger partial charge in [0.1, 0.15) is 5.75 Å². The van der Waals surface area contributed by atoms with Crippen molar-refractivity contribution in [3.05, 3.63) is 64.2 Å². The normalized spacial score (nSPS) is 10.4. The van der Waals surface area contributed by atoms with Crippen molar-refractivity contribution in [2.24, 2.45) is 0 Å². The molecule has 0 heterocycles. The number of hydrogen-bond donors (Lipinski definition) is 1. The van der Waals surface area contributed by atoms with Crippen LogP contribution in [0.5, 0.6) is 5.75 Å². The molecule has 0 saturated carbocycles. The van der Waals surface area contributed by atoms with E-state index in [4.69, 9.17) is 4.74 Å². The molecule has 0 bridgehead atoms. The first-order chi connectivity index (χ1) is 10.5. The Morgan fingerprint density at radius 2 is 1.73 bits per heavy atom. The first kappa shape index (κ1) is 16.1. The van der Waals surface area contributed by atoms with Crippen LogP contribution in [0, 0.1) is 20.8 Å². The Morgan fingerprint density at radius 3 is 2.41 bits per heavy atom. The zero-order chi connectivity index (χ0) is 16.1. The fourth-order valence-electron chi connectivity index (χ4n) is 2.58. The highest BCUT2D eigenvalue weighted by atomic mass is 16.5. The summed E-state index contributed by atoms with van der Waals surface area (Å²) in [4.78, 5) is 12.2. The van der Waals surface area contributed by atoms with Crippen molar-refractivity contribution in [3.63, 3.8) is 0 Å². The van der Waals surface area contributed by atoms with Gasteiger partial charge in [-0.15, -0.1) is 0 Å². The Morgan fingerprint density at radius 1 is 1.05 bits per heavy atom. The Balaban J connectivity index is 1.99. The monoisotopic (exact) mass is 297 g/mol. The largest absolute Gasteiger partial charge is 0.496 e. The number of aryl methyl sites for hydroxylation is 3. The molecule has 0 fully saturated rings. The van der Waals surface area contributed by atoms with Crippen LogP contribution < -0.4 is 10.1 Å². The summed E-state index contributed by atoms with van der Waals surface area (Å²) in [5.41, 5.74) is 5.21. The molecule has 3 nitrogen and oxygen atoms in total. The molecule has 0 aliphatic carbocycles. The third-order valence-electron chi connectivity index (χ3n) is 3.74. The molecule has 0 spiro atoms. The van der Waals surface area contributed by atoms with Crippen LogP contribution in [0.3, 0.4) is 0 Å². The van der Waals surface area contributed by atoms with Gasteiger partial charge in [0.15, 0.2) is 0 Å². The number of methoxy groups -OCH3 is 1. The van der Waals surface area contributed by atoms with Crippen molar-refractivity contribution in [3.8, 4) is 5.75 Å². The van der Waals surface area contributed by atoms with Crippen molar-refractivity contribution in [2.45, 2.75) is 27.2 Å². The Bertz CT molecular complexity index is 677. The quantitative estimate of drug-likeness (QED) is 0.916. The van der Waals surface area contributed by atoms with Crippen molar-refractivity contribution < 1.29 is 9.53 Å². The van der Waals surface area contributed by atoms with E-state index in [1.54, 1.807) is 7.11 Å². The minimum Gasteiger partial charge on any atom is -0.496 e. The van der Waals surface area contributed by atoms with E-state index >= 15 is 0 Å². The molecule has 0 aromatic heterocycles. The zero-order valence-corrected chi connectivity index (χ0v) is 13.7. The van der Waals surface area contributed by atoms with Gasteiger partial charge in [0.05, 0.1) is 7.11 Å². The van der Waals surface area contributed by atoms with E-state index in [0.29, 0.717) is 6.54 Å². The molecule has 1 amide bonds. The van der Waals surface area contributed by atoms with Crippen molar-refractivity contribution in [1.29, 1.82) is 0 Å². The summed E-state index contributed by atoms with van der Waals surface area (Å²) in [5, 5.41) is 2.98. The van der Waals surface area contributed by atoms with Gasteiger partial charge in [-0.1, -0.05) is 35.4 Å². The van der Waals surface area contributed by atoms with E-state index in [1.165, 1.54) is 11.1 Å². The smallest absolute Gasteiger partial charge is 0.251 e. The first-order valence-corrected chi connectivity index (χ1v) is 7.50. The van der Waals surface area contributed by atoms with E-state index in [9.17, 15) is 4.79 Å². The fourth-order valence-corrected chi connectivity index (χ4v) is 2.58. The van der Waals surface area contributed by atoms with Crippen molar-refractivity contribution >= 4 is 5.91 Å². The molecule has 0 aliphatic heterocycles. The van der Waals surface area contributed by atoms with E-state index in [1.807, 2.05) is 44.2 Å². The van der Waals surface area contributed by atoms with E-state index in [2.05, 4.69) is 18.3 Å². The highest BCUT2D eigenvalue weighted by Crippen LogP contribution is 2.19. The van der Waals surface area contributed by atoms with Gasteiger partial charge in [0.2, 0.25) is 0 Å². The number of carbonyl (C=O) groups is 1. The van der Waals surface area contributed by atoms with E-state index < -0.39 is 0 Å². The third-order valence-corrected chi connectivity index (χ3v) is 3.74. The lowest BCUT2D eigenvalue weighted by Gasteiger charge is -2.11. The standard InChI is InChI=1S/C19H23NO2/c1-13-5-7-17(15(3)11-13)19(21)20-10-9-16-12-14(2)6-8-18(16)22-4/h5-8,11-12H,9-10H2,1-4H3,(H,20,21). The number of carbonyl (C=O) groups excluding carboxylic acids is 1. The summed E-state index contributed by atoms with van der Waals surface area (Å²) in [6.45, 7) is 6.63. The average Bonchev–Trinajstić information content (AvgIpc) is 2.47. The number of nitrogens with one attached hydrogen (secondary N) is 1. The minimum atomic E-state index is -0.0240. The molecule has 22 heavy (non-hydrogen) atoms. The lowest BCUT2D eigenvalue weighted by Crippen LogP contribution is -2.26. The second kappa shape index (κ2) is 7.12. The van der Waals surface area contributed by atoms with Crippen molar-refractivity contribution in [2.75, 3.05) is 13.7 Å². The van der Waals surface area contributed by atoms with Gasteiger partial charge in [0, 0.05) is 12.1 Å². The zero-order valence-electron chi connectivity index (χ0n) is 13.7. The SMILES string of the molecule is COc1ccc(C)cc1CCNC(=O)c1ccc(C)cc1C. The molecule has 0 aliphatic rings. The molecular weight excluding hydrogens is 274 g/mol. The lowest BCUT2D eigenvalue weighted by molar-refractivity contribution is 0.0953. The first-order valence-electron chi connectivity index (χ1n) is 7.50. The summed E-state index contributed by atoms with van der Waals surface area (Å²) < 4.78 is 5.36. The van der Waals surface area contributed by atoms with Gasteiger partial charge in [-0.05, 0) is 50.5 Å². The predicted molar refractivity (Wildman–Crippen MR) is 89.7 cm³/mol. The highest BCUT2D eigenvalue weighted by Gasteiger charge is 2.09. The average molecular weight is 297 g/mol. The predicted octanol–water partition coefficient (Wildman–Crippen LogP) is 3.59. The number of benzene rings is 2. The Labute approximate surface area is 132 Å². The van der Waals surface area contributed by atoms with Gasteiger partial charge >= 0.3 is 0 Å². The van der Waals surface area contributed by atoms with Crippen LogP contribution in [0.15, 0.2) is 36.4 Å². The molecule has 0 radical (unpaired) electrons. The number of rotatable bonds is 5. The molecule has 3 heteroatoms. The molecule has 2 rings (SSSR count). The van der Waals surface area contributed by atoms with Crippen LogP contribution in [0.25, 0.3) is 0 Å². The summed E-state index contributed by atoms with van der Waals surface area (Å²) in [6.07, 6.45) is 0.751. The molecule has 116 valence electrons. The van der Waals surface area contributed by atoms with Crippen molar-refractivity contribution in [1.82, 2.24) is 5.32 Å². The van der Waals surface area contributed by atoms with Gasteiger partial charge in [0.25, 0.3) is 5.91 Å².